The topological polar surface area (TPSA) is 83.7 Å². The Hall–Kier alpha value is -5.15. The van der Waals surface area contributed by atoms with Gasteiger partial charge in [-0.2, -0.15) is 0 Å². The molecule has 2 aliphatic rings. The predicted molar refractivity (Wildman–Crippen MR) is 168 cm³/mol. The Balaban J connectivity index is 1.45. The van der Waals surface area contributed by atoms with E-state index >= 15 is 4.79 Å². The number of hydrogen-bond donors (Lipinski definition) is 0. The van der Waals surface area contributed by atoms with E-state index in [0.29, 0.717) is 16.8 Å². The molecule has 2 aliphatic heterocycles. The molecule has 1 atom stereocenters. The van der Waals surface area contributed by atoms with Gasteiger partial charge in [0.15, 0.2) is 16.1 Å². The summed E-state index contributed by atoms with van der Waals surface area (Å²) in [5.74, 6) is -2.02. The first-order chi connectivity index (χ1) is 21.2. The Morgan fingerprint density at radius 2 is 1.68 bits per heavy atom. The quantitative estimate of drug-likeness (QED) is 0.220. The molecule has 4 heterocycles. The number of benzene rings is 4. The molecule has 0 fully saturated rings. The van der Waals surface area contributed by atoms with Crippen molar-refractivity contribution >= 4 is 55.2 Å². The number of carbonyl (C=O) groups excluding carboxylic acids is 2. The molecular formula is C35H24FN3O4S. The van der Waals surface area contributed by atoms with Crippen LogP contribution in [-0.4, -0.2) is 16.8 Å². The van der Waals surface area contributed by atoms with E-state index < -0.39 is 28.6 Å². The summed E-state index contributed by atoms with van der Waals surface area (Å²) in [5, 5.41) is 0.218. The van der Waals surface area contributed by atoms with Crippen LogP contribution >= 0.6 is 11.3 Å². The summed E-state index contributed by atoms with van der Waals surface area (Å²) in [4.78, 5) is 51.8. The molecule has 7 nitrogen and oxygen atoms in total. The fourth-order valence-corrected chi connectivity index (χ4v) is 7.82. The number of halogens is 1. The molecule has 0 saturated carbocycles. The third kappa shape index (κ3) is 3.47. The van der Waals surface area contributed by atoms with Crippen molar-refractivity contribution in [1.29, 1.82) is 0 Å². The molecule has 0 aliphatic carbocycles. The number of para-hydroxylation sites is 1. The highest BCUT2D eigenvalue weighted by molar-refractivity contribution is 7.22. The largest absolute Gasteiger partial charge is 0.450 e. The van der Waals surface area contributed by atoms with Gasteiger partial charge in [0, 0.05) is 5.56 Å². The van der Waals surface area contributed by atoms with Gasteiger partial charge in [-0.05, 0) is 67.8 Å². The number of amides is 2. The van der Waals surface area contributed by atoms with Crippen LogP contribution < -0.4 is 15.2 Å². The van der Waals surface area contributed by atoms with Crippen molar-refractivity contribution in [2.75, 3.05) is 9.80 Å². The van der Waals surface area contributed by atoms with Crippen LogP contribution in [0.15, 0.2) is 88.1 Å². The maximum atomic E-state index is 15.1. The van der Waals surface area contributed by atoms with E-state index in [4.69, 9.17) is 9.40 Å². The Labute approximate surface area is 254 Å². The number of hydrogen-bond acceptors (Lipinski definition) is 6. The zero-order chi connectivity index (χ0) is 30.5. The molecule has 1 unspecified atom stereocenters. The van der Waals surface area contributed by atoms with Crippen molar-refractivity contribution < 1.29 is 18.4 Å². The van der Waals surface area contributed by atoms with Crippen LogP contribution in [-0.2, 0) is 16.9 Å². The van der Waals surface area contributed by atoms with Crippen molar-refractivity contribution in [3.05, 3.63) is 134 Å². The van der Waals surface area contributed by atoms with Crippen LogP contribution in [0.2, 0.25) is 0 Å². The van der Waals surface area contributed by atoms with Crippen molar-refractivity contribution in [3.8, 4) is 0 Å². The van der Waals surface area contributed by atoms with Gasteiger partial charge in [-0.25, -0.2) is 9.37 Å². The molecular weight excluding hydrogens is 577 g/mol. The van der Waals surface area contributed by atoms with Crippen LogP contribution in [0.5, 0.6) is 0 Å². The summed E-state index contributed by atoms with van der Waals surface area (Å²) in [5.41, 5.74) is 3.04. The van der Waals surface area contributed by atoms with Gasteiger partial charge < -0.3 is 9.32 Å². The second kappa shape index (κ2) is 9.17. The van der Waals surface area contributed by atoms with Crippen LogP contribution in [0.4, 0.5) is 15.2 Å². The molecule has 2 amide bonds. The Morgan fingerprint density at radius 1 is 0.909 bits per heavy atom. The van der Waals surface area contributed by atoms with Crippen LogP contribution in [0.25, 0.3) is 21.2 Å². The van der Waals surface area contributed by atoms with Gasteiger partial charge in [0.2, 0.25) is 5.76 Å². The van der Waals surface area contributed by atoms with E-state index in [0.717, 1.165) is 33.0 Å². The zero-order valence-corrected chi connectivity index (χ0v) is 24.8. The molecule has 0 radical (unpaired) electrons. The molecule has 0 saturated heterocycles. The standard InChI is InChI=1S/C35H24FN3O4S/c1-18-8-10-21(11-9-18)17-38-25-7-5-4-6-24(25)35(33(38)42)28-30(40)23-16-22(36)12-13-26(23)43-31(28)32(41)39(35)34-37-29-20(3)14-19(2)15-27(29)44-34/h4-16H,17H2,1-3H3. The molecule has 4 aromatic carbocycles. The fraction of sp³-hybridized carbons (Fsp3) is 0.143. The highest BCUT2D eigenvalue weighted by Gasteiger charge is 2.66. The van der Waals surface area contributed by atoms with E-state index in [1.807, 2.05) is 69.3 Å². The first kappa shape index (κ1) is 26.5. The number of rotatable bonds is 3. The number of aromatic nitrogens is 1. The summed E-state index contributed by atoms with van der Waals surface area (Å²) in [6, 6.07) is 22.6. The molecule has 44 heavy (non-hydrogen) atoms. The summed E-state index contributed by atoms with van der Waals surface area (Å²) in [7, 11) is 0. The minimum absolute atomic E-state index is 0.0455. The lowest BCUT2D eigenvalue weighted by atomic mass is 9.84. The average molecular weight is 602 g/mol. The van der Waals surface area contributed by atoms with E-state index in [-0.39, 0.29) is 34.0 Å². The first-order valence-corrected chi connectivity index (χ1v) is 15.0. The van der Waals surface area contributed by atoms with Crippen molar-refractivity contribution in [2.24, 2.45) is 0 Å². The molecule has 216 valence electrons. The summed E-state index contributed by atoms with van der Waals surface area (Å²) >= 11 is 1.27. The van der Waals surface area contributed by atoms with E-state index in [1.54, 1.807) is 17.0 Å². The molecule has 2 aromatic heterocycles. The van der Waals surface area contributed by atoms with Gasteiger partial charge >= 0.3 is 0 Å². The number of nitrogens with zero attached hydrogens (tertiary/aromatic N) is 3. The minimum Gasteiger partial charge on any atom is -0.450 e. The second-order valence-electron chi connectivity index (χ2n) is 11.4. The van der Waals surface area contributed by atoms with Crippen molar-refractivity contribution in [3.63, 3.8) is 0 Å². The van der Waals surface area contributed by atoms with Gasteiger partial charge in [0.05, 0.1) is 33.4 Å². The number of carbonyl (C=O) groups is 2. The van der Waals surface area contributed by atoms with Gasteiger partial charge in [0.25, 0.3) is 11.8 Å². The van der Waals surface area contributed by atoms with E-state index in [2.05, 4.69) is 0 Å². The molecule has 1 spiro atoms. The molecule has 6 aromatic rings. The number of anilines is 2. The molecule has 9 heteroatoms. The summed E-state index contributed by atoms with van der Waals surface area (Å²) in [6.45, 7) is 6.13. The highest BCUT2D eigenvalue weighted by Crippen LogP contribution is 2.55. The predicted octanol–water partition coefficient (Wildman–Crippen LogP) is 6.92. The maximum absolute atomic E-state index is 15.1. The van der Waals surface area contributed by atoms with Crippen LogP contribution in [0.1, 0.15) is 43.9 Å². The number of thiazole rings is 1. The lowest BCUT2D eigenvalue weighted by Gasteiger charge is -2.32. The van der Waals surface area contributed by atoms with Crippen LogP contribution in [0.3, 0.4) is 0 Å². The Bertz CT molecular complexity index is 2290. The zero-order valence-electron chi connectivity index (χ0n) is 24.0. The van der Waals surface area contributed by atoms with Gasteiger partial charge in [-0.15, -0.1) is 0 Å². The smallest absolute Gasteiger partial charge is 0.297 e. The van der Waals surface area contributed by atoms with Gasteiger partial charge in [0.1, 0.15) is 11.4 Å². The summed E-state index contributed by atoms with van der Waals surface area (Å²) < 4.78 is 21.4. The Kier molecular flexibility index (Phi) is 5.52. The normalized spacial score (nSPS) is 17.4. The highest BCUT2D eigenvalue weighted by atomic mass is 32.1. The maximum Gasteiger partial charge on any atom is 0.297 e. The number of fused-ring (bicyclic) bond motifs is 6. The SMILES string of the molecule is Cc1ccc(CN2C(=O)C3(c4ccccc42)c2c(oc4ccc(F)cc4c2=O)C(=O)N3c2nc3c(C)cc(C)cc3s2)cc1. The Morgan fingerprint density at radius 3 is 2.48 bits per heavy atom. The van der Waals surface area contributed by atoms with Crippen molar-refractivity contribution in [2.45, 2.75) is 32.9 Å². The van der Waals surface area contributed by atoms with Gasteiger partial charge in [-0.1, -0.05) is 65.4 Å². The van der Waals surface area contributed by atoms with Crippen LogP contribution in [0, 0.1) is 26.6 Å². The molecule has 8 rings (SSSR count). The third-order valence-electron chi connectivity index (χ3n) is 8.56. The monoisotopic (exact) mass is 601 g/mol. The average Bonchev–Trinajstić information content (AvgIpc) is 3.61. The first-order valence-electron chi connectivity index (χ1n) is 14.1. The second-order valence-corrected chi connectivity index (χ2v) is 12.5. The lowest BCUT2D eigenvalue weighted by molar-refractivity contribution is -0.121. The van der Waals surface area contributed by atoms with E-state index in [9.17, 15) is 14.0 Å². The third-order valence-corrected chi connectivity index (χ3v) is 9.54. The number of aryl methyl sites for hydroxylation is 3. The minimum atomic E-state index is -1.91. The molecule has 0 N–H and O–H groups in total. The van der Waals surface area contributed by atoms with Crippen molar-refractivity contribution in [1.82, 2.24) is 4.98 Å². The lowest BCUT2D eigenvalue weighted by Crippen LogP contribution is -2.53. The molecule has 0 bridgehead atoms. The van der Waals surface area contributed by atoms with Gasteiger partial charge in [-0.3, -0.25) is 19.3 Å². The van der Waals surface area contributed by atoms with E-state index in [1.165, 1.54) is 28.4 Å². The summed E-state index contributed by atoms with van der Waals surface area (Å²) in [6.07, 6.45) is 0. The fourth-order valence-electron chi connectivity index (χ4n) is 6.62.